The summed E-state index contributed by atoms with van der Waals surface area (Å²) >= 11 is 0. The maximum absolute atomic E-state index is 13.0. The van der Waals surface area contributed by atoms with Crippen LogP contribution in [-0.2, 0) is 11.3 Å². The minimum Gasteiger partial charge on any atom is -0.326 e. The number of nitrogens with zero attached hydrogens (tertiary/aromatic N) is 3. The number of carbonyl (C=O) groups excluding carboxylic acids is 1. The van der Waals surface area contributed by atoms with Gasteiger partial charge in [-0.25, -0.2) is 4.39 Å². The van der Waals surface area contributed by atoms with E-state index in [4.69, 9.17) is 5.73 Å². The topological polar surface area (TPSA) is 85.8 Å². The molecule has 0 fully saturated rings. The predicted molar refractivity (Wildman–Crippen MR) is 72.3 cm³/mol. The van der Waals surface area contributed by atoms with Crippen molar-refractivity contribution in [2.75, 3.05) is 5.32 Å². The highest BCUT2D eigenvalue weighted by Crippen LogP contribution is 2.09. The summed E-state index contributed by atoms with van der Waals surface area (Å²) in [4.78, 5) is 11.7. The predicted octanol–water partition coefficient (Wildman–Crippen LogP) is 1.47. The molecule has 1 heterocycles. The molecular weight excluding hydrogens is 261 g/mol. The van der Waals surface area contributed by atoms with E-state index in [-0.39, 0.29) is 24.2 Å². The van der Waals surface area contributed by atoms with E-state index in [1.54, 1.807) is 16.9 Å². The monoisotopic (exact) mass is 277 g/mol. The van der Waals surface area contributed by atoms with Gasteiger partial charge in [0.1, 0.15) is 5.82 Å². The first-order chi connectivity index (χ1) is 9.54. The number of aromatic nitrogens is 3. The molecule has 0 radical (unpaired) electrons. The van der Waals surface area contributed by atoms with Crippen LogP contribution in [0.25, 0.3) is 0 Å². The van der Waals surface area contributed by atoms with Crippen molar-refractivity contribution in [3.05, 3.63) is 42.0 Å². The lowest BCUT2D eigenvalue weighted by Crippen LogP contribution is -2.14. The second kappa shape index (κ2) is 6.25. The van der Waals surface area contributed by atoms with Gasteiger partial charge in [0.15, 0.2) is 0 Å². The smallest absolute Gasteiger partial charge is 0.226 e. The summed E-state index contributed by atoms with van der Waals surface area (Å²) in [5.74, 6) is -0.603. The van der Waals surface area contributed by atoms with Crippen molar-refractivity contribution in [2.24, 2.45) is 5.73 Å². The van der Waals surface area contributed by atoms with Crippen LogP contribution in [0.5, 0.6) is 0 Å². The van der Waals surface area contributed by atoms with E-state index in [1.165, 1.54) is 18.2 Å². The molecule has 7 heteroatoms. The standard InChI is InChI=1S/C13H16FN5O/c1-9(15)12-8-19(18-17-12)6-5-13(20)16-11-4-2-3-10(14)7-11/h2-4,7-9H,5-6,15H2,1H3,(H,16,20). The van der Waals surface area contributed by atoms with E-state index in [1.807, 2.05) is 6.92 Å². The molecule has 0 aliphatic heterocycles. The average Bonchev–Trinajstić information content (AvgIpc) is 2.85. The van der Waals surface area contributed by atoms with Gasteiger partial charge in [0.2, 0.25) is 5.91 Å². The molecule has 106 valence electrons. The number of halogens is 1. The molecule has 1 aromatic heterocycles. The zero-order valence-corrected chi connectivity index (χ0v) is 11.1. The lowest BCUT2D eigenvalue weighted by Gasteiger charge is -2.05. The molecule has 2 rings (SSSR count). The van der Waals surface area contributed by atoms with Gasteiger partial charge in [0.05, 0.1) is 18.4 Å². The number of hydrogen-bond acceptors (Lipinski definition) is 4. The van der Waals surface area contributed by atoms with Crippen molar-refractivity contribution < 1.29 is 9.18 Å². The van der Waals surface area contributed by atoms with E-state index in [9.17, 15) is 9.18 Å². The fraction of sp³-hybridized carbons (Fsp3) is 0.308. The SMILES string of the molecule is CC(N)c1cn(CCC(=O)Nc2cccc(F)c2)nn1. The molecule has 0 aliphatic carbocycles. The van der Waals surface area contributed by atoms with Crippen LogP contribution in [0, 0.1) is 5.82 Å². The summed E-state index contributed by atoms with van der Waals surface area (Å²) < 4.78 is 14.5. The van der Waals surface area contributed by atoms with E-state index < -0.39 is 0 Å². The second-order valence-electron chi connectivity index (χ2n) is 4.50. The molecule has 0 spiro atoms. The van der Waals surface area contributed by atoms with Crippen molar-refractivity contribution in [3.8, 4) is 0 Å². The van der Waals surface area contributed by atoms with Gasteiger partial charge in [-0.05, 0) is 25.1 Å². The van der Waals surface area contributed by atoms with E-state index in [0.29, 0.717) is 17.9 Å². The summed E-state index contributed by atoms with van der Waals surface area (Å²) in [6, 6.07) is 5.56. The third kappa shape index (κ3) is 3.86. The van der Waals surface area contributed by atoms with Gasteiger partial charge in [0, 0.05) is 18.2 Å². The minimum atomic E-state index is -0.388. The highest BCUT2D eigenvalue weighted by Gasteiger charge is 2.07. The van der Waals surface area contributed by atoms with E-state index in [0.717, 1.165) is 0 Å². The maximum Gasteiger partial charge on any atom is 0.226 e. The van der Waals surface area contributed by atoms with E-state index in [2.05, 4.69) is 15.6 Å². The van der Waals surface area contributed by atoms with Gasteiger partial charge in [-0.15, -0.1) is 5.10 Å². The summed E-state index contributed by atoms with van der Waals surface area (Å²) in [6.45, 7) is 2.20. The van der Waals surface area contributed by atoms with Crippen LogP contribution in [0.2, 0.25) is 0 Å². The van der Waals surface area contributed by atoms with Crippen LogP contribution < -0.4 is 11.1 Å². The second-order valence-corrected chi connectivity index (χ2v) is 4.50. The van der Waals surface area contributed by atoms with Crippen molar-refractivity contribution in [2.45, 2.75) is 25.9 Å². The first kappa shape index (κ1) is 14.1. The van der Waals surface area contributed by atoms with E-state index >= 15 is 0 Å². The molecular formula is C13H16FN5O. The molecule has 3 N–H and O–H groups in total. The van der Waals surface area contributed by atoms with Crippen LogP contribution in [0.4, 0.5) is 10.1 Å². The van der Waals surface area contributed by atoms with Crippen molar-refractivity contribution in [3.63, 3.8) is 0 Å². The van der Waals surface area contributed by atoms with Crippen LogP contribution in [0.15, 0.2) is 30.5 Å². The number of aryl methyl sites for hydroxylation is 1. The van der Waals surface area contributed by atoms with Gasteiger partial charge in [0.25, 0.3) is 0 Å². The van der Waals surface area contributed by atoms with Crippen LogP contribution >= 0.6 is 0 Å². The van der Waals surface area contributed by atoms with Gasteiger partial charge in [-0.3, -0.25) is 9.48 Å². The van der Waals surface area contributed by atoms with Crippen molar-refractivity contribution in [1.82, 2.24) is 15.0 Å². The number of anilines is 1. The molecule has 0 saturated heterocycles. The normalized spacial score (nSPS) is 12.2. The Morgan fingerprint density at radius 1 is 1.55 bits per heavy atom. The molecule has 6 nitrogen and oxygen atoms in total. The molecule has 2 aromatic rings. The Bertz CT molecular complexity index is 596. The number of nitrogens with two attached hydrogens (primary N) is 1. The summed E-state index contributed by atoms with van der Waals surface area (Å²) in [5, 5.41) is 10.4. The van der Waals surface area contributed by atoms with Gasteiger partial charge in [-0.2, -0.15) is 0 Å². The highest BCUT2D eigenvalue weighted by molar-refractivity contribution is 5.90. The molecule has 0 saturated carbocycles. The number of rotatable bonds is 5. The molecule has 0 aliphatic rings. The molecule has 1 unspecified atom stereocenters. The first-order valence-corrected chi connectivity index (χ1v) is 6.25. The number of benzene rings is 1. The average molecular weight is 277 g/mol. The molecule has 0 bridgehead atoms. The Kier molecular flexibility index (Phi) is 4.41. The molecule has 1 amide bonds. The van der Waals surface area contributed by atoms with Crippen LogP contribution in [0.3, 0.4) is 0 Å². The van der Waals surface area contributed by atoms with Crippen molar-refractivity contribution in [1.29, 1.82) is 0 Å². The van der Waals surface area contributed by atoms with Crippen molar-refractivity contribution >= 4 is 11.6 Å². The van der Waals surface area contributed by atoms with Crippen LogP contribution in [0.1, 0.15) is 25.1 Å². The summed E-state index contributed by atoms with van der Waals surface area (Å²) in [7, 11) is 0. The minimum absolute atomic E-state index is 0.190. The third-order valence-corrected chi connectivity index (χ3v) is 2.70. The Balaban J connectivity index is 1.85. The lowest BCUT2D eigenvalue weighted by atomic mass is 10.3. The van der Waals surface area contributed by atoms with Crippen LogP contribution in [-0.4, -0.2) is 20.9 Å². The Morgan fingerprint density at radius 2 is 2.35 bits per heavy atom. The summed E-state index contributed by atoms with van der Waals surface area (Å²) in [5.41, 5.74) is 6.78. The molecule has 20 heavy (non-hydrogen) atoms. The molecule has 1 atom stereocenters. The third-order valence-electron chi connectivity index (χ3n) is 2.70. The Labute approximate surface area is 115 Å². The largest absolute Gasteiger partial charge is 0.326 e. The number of carbonyl (C=O) groups is 1. The molecule has 1 aromatic carbocycles. The fourth-order valence-corrected chi connectivity index (χ4v) is 1.64. The highest BCUT2D eigenvalue weighted by atomic mass is 19.1. The van der Waals surface area contributed by atoms with Gasteiger partial charge < -0.3 is 11.1 Å². The Hall–Kier alpha value is -2.28. The fourth-order valence-electron chi connectivity index (χ4n) is 1.64. The number of amides is 1. The van der Waals surface area contributed by atoms with Gasteiger partial charge >= 0.3 is 0 Å². The first-order valence-electron chi connectivity index (χ1n) is 6.25. The Morgan fingerprint density at radius 3 is 3.00 bits per heavy atom. The maximum atomic E-state index is 13.0. The zero-order chi connectivity index (χ0) is 14.5. The summed E-state index contributed by atoms with van der Waals surface area (Å²) in [6.07, 6.45) is 1.93. The quantitative estimate of drug-likeness (QED) is 0.866. The number of nitrogens with one attached hydrogen (secondary N) is 1. The lowest BCUT2D eigenvalue weighted by molar-refractivity contribution is -0.116. The zero-order valence-electron chi connectivity index (χ0n) is 11.1. The van der Waals surface area contributed by atoms with Gasteiger partial charge in [-0.1, -0.05) is 11.3 Å². The number of hydrogen-bond donors (Lipinski definition) is 2.